The van der Waals surface area contributed by atoms with Crippen molar-refractivity contribution < 1.29 is 9.90 Å². The number of hydrogen-bond acceptors (Lipinski definition) is 2. The third kappa shape index (κ3) is 2.96. The van der Waals surface area contributed by atoms with E-state index in [1.54, 1.807) is 11.0 Å². The van der Waals surface area contributed by atoms with E-state index in [-0.39, 0.29) is 11.7 Å². The first-order chi connectivity index (χ1) is 9.69. The van der Waals surface area contributed by atoms with Crippen LogP contribution in [0.4, 0.5) is 0 Å². The van der Waals surface area contributed by atoms with Crippen molar-refractivity contribution in [1.29, 1.82) is 0 Å². The van der Waals surface area contributed by atoms with Crippen LogP contribution in [0.15, 0.2) is 36.4 Å². The fourth-order valence-corrected chi connectivity index (χ4v) is 2.71. The molecule has 0 heterocycles. The molecular weight excluding hydrogens is 318 g/mol. The van der Waals surface area contributed by atoms with Crippen LogP contribution in [0, 0.1) is 0 Å². The highest BCUT2D eigenvalue weighted by molar-refractivity contribution is 9.09. The number of fused-ring (bicyclic) bond motifs is 1. The summed E-state index contributed by atoms with van der Waals surface area (Å²) < 4.78 is 0. The maximum atomic E-state index is 12.5. The molecule has 1 N–H and O–H groups in total. The molecule has 4 heteroatoms. The number of carbonyl (C=O) groups excluding carboxylic acids is 1. The number of carbonyl (C=O) groups is 1. The van der Waals surface area contributed by atoms with Gasteiger partial charge in [0.1, 0.15) is 5.75 Å². The summed E-state index contributed by atoms with van der Waals surface area (Å²) in [6.07, 6.45) is 0.896. The topological polar surface area (TPSA) is 40.5 Å². The van der Waals surface area contributed by atoms with Crippen LogP contribution in [0.3, 0.4) is 0 Å². The molecule has 0 unspecified atom stereocenters. The van der Waals surface area contributed by atoms with Gasteiger partial charge in [-0.25, -0.2) is 0 Å². The molecule has 0 radical (unpaired) electrons. The van der Waals surface area contributed by atoms with Gasteiger partial charge in [-0.1, -0.05) is 53.2 Å². The first kappa shape index (κ1) is 14.9. The fraction of sp³-hybridized carbons (Fsp3) is 0.312. The molecule has 1 amide bonds. The number of aromatic hydroxyl groups is 1. The maximum Gasteiger partial charge on any atom is 0.257 e. The Hall–Kier alpha value is -1.55. The van der Waals surface area contributed by atoms with E-state index >= 15 is 0 Å². The molecule has 2 aromatic carbocycles. The summed E-state index contributed by atoms with van der Waals surface area (Å²) >= 11 is 3.36. The second kappa shape index (κ2) is 6.75. The number of phenols is 1. The average Bonchev–Trinajstić information content (AvgIpc) is 2.47. The largest absolute Gasteiger partial charge is 0.506 e. The minimum atomic E-state index is -0.116. The van der Waals surface area contributed by atoms with E-state index in [4.69, 9.17) is 0 Å². The second-order valence-corrected chi connectivity index (χ2v) is 5.46. The van der Waals surface area contributed by atoms with Gasteiger partial charge >= 0.3 is 0 Å². The fourth-order valence-electron chi connectivity index (χ4n) is 2.28. The van der Waals surface area contributed by atoms with Gasteiger partial charge in [-0.05, 0) is 17.9 Å². The lowest BCUT2D eigenvalue weighted by Crippen LogP contribution is -2.33. The molecule has 2 aromatic rings. The van der Waals surface area contributed by atoms with Crippen molar-refractivity contribution in [1.82, 2.24) is 4.90 Å². The number of benzene rings is 2. The quantitative estimate of drug-likeness (QED) is 0.844. The van der Waals surface area contributed by atoms with Gasteiger partial charge in [0.25, 0.3) is 5.91 Å². The molecule has 0 aromatic heterocycles. The zero-order valence-electron chi connectivity index (χ0n) is 11.5. The third-order valence-electron chi connectivity index (χ3n) is 3.27. The molecule has 0 atom stereocenters. The Labute approximate surface area is 127 Å². The highest BCUT2D eigenvalue weighted by Crippen LogP contribution is 2.29. The van der Waals surface area contributed by atoms with E-state index in [1.807, 2.05) is 37.3 Å². The Morgan fingerprint density at radius 1 is 1.20 bits per heavy atom. The highest BCUT2D eigenvalue weighted by Gasteiger charge is 2.19. The van der Waals surface area contributed by atoms with Gasteiger partial charge in [0, 0.05) is 23.8 Å². The predicted octanol–water partition coefficient (Wildman–Crippen LogP) is 3.79. The van der Waals surface area contributed by atoms with Crippen molar-refractivity contribution >= 4 is 32.6 Å². The smallest absolute Gasteiger partial charge is 0.257 e. The lowest BCUT2D eigenvalue weighted by Gasteiger charge is -2.22. The van der Waals surface area contributed by atoms with Crippen LogP contribution >= 0.6 is 15.9 Å². The van der Waals surface area contributed by atoms with E-state index in [2.05, 4.69) is 15.9 Å². The van der Waals surface area contributed by atoms with E-state index in [0.29, 0.717) is 24.0 Å². The second-order valence-electron chi connectivity index (χ2n) is 4.66. The van der Waals surface area contributed by atoms with Gasteiger partial charge in [0.15, 0.2) is 0 Å². The number of halogens is 1. The van der Waals surface area contributed by atoms with Gasteiger partial charge in [-0.2, -0.15) is 0 Å². The van der Waals surface area contributed by atoms with Crippen LogP contribution < -0.4 is 0 Å². The average molecular weight is 336 g/mol. The SMILES string of the molecule is CCCN(CCBr)C(=O)c1ccc2ccccc2c1O. The summed E-state index contributed by atoms with van der Waals surface area (Å²) in [6, 6.07) is 11.1. The standard InChI is InChI=1S/C16H18BrNO2/c1-2-10-18(11-9-17)16(20)14-8-7-12-5-3-4-6-13(12)15(14)19/h3-8,19H,2,9-11H2,1H3. The lowest BCUT2D eigenvalue weighted by molar-refractivity contribution is 0.0763. The van der Waals surface area contributed by atoms with E-state index in [1.165, 1.54) is 0 Å². The molecule has 2 rings (SSSR count). The van der Waals surface area contributed by atoms with Crippen molar-refractivity contribution in [3.8, 4) is 5.75 Å². The summed E-state index contributed by atoms with van der Waals surface area (Å²) in [6.45, 7) is 3.37. The molecule has 0 aliphatic heterocycles. The molecule has 0 aliphatic rings. The first-order valence-corrected chi connectivity index (χ1v) is 7.87. The van der Waals surface area contributed by atoms with Crippen molar-refractivity contribution in [2.24, 2.45) is 0 Å². The molecule has 106 valence electrons. The van der Waals surface area contributed by atoms with Gasteiger partial charge in [-0.15, -0.1) is 0 Å². The monoisotopic (exact) mass is 335 g/mol. The first-order valence-electron chi connectivity index (χ1n) is 6.75. The van der Waals surface area contributed by atoms with E-state index in [0.717, 1.165) is 17.1 Å². The molecule has 0 fully saturated rings. The maximum absolute atomic E-state index is 12.5. The number of rotatable bonds is 5. The number of alkyl halides is 1. The molecule has 0 saturated carbocycles. The Kier molecular flexibility index (Phi) is 5.01. The van der Waals surface area contributed by atoms with E-state index in [9.17, 15) is 9.90 Å². The minimum Gasteiger partial charge on any atom is -0.506 e. The predicted molar refractivity (Wildman–Crippen MR) is 85.6 cm³/mol. The Morgan fingerprint density at radius 2 is 1.95 bits per heavy atom. The van der Waals surface area contributed by atoms with Crippen molar-refractivity contribution in [3.05, 3.63) is 42.0 Å². The van der Waals surface area contributed by atoms with Gasteiger partial charge in [0.05, 0.1) is 5.56 Å². The number of amides is 1. The van der Waals surface area contributed by atoms with Crippen LogP contribution in [0.2, 0.25) is 0 Å². The molecule has 0 saturated heterocycles. The molecule has 0 spiro atoms. The van der Waals surface area contributed by atoms with Gasteiger partial charge in [-0.3, -0.25) is 4.79 Å². The Bertz CT molecular complexity index is 606. The normalized spacial score (nSPS) is 10.7. The number of nitrogens with zero attached hydrogens (tertiary/aromatic N) is 1. The molecule has 0 bridgehead atoms. The van der Waals surface area contributed by atoms with Crippen LogP contribution in [0.1, 0.15) is 23.7 Å². The number of hydrogen-bond donors (Lipinski definition) is 1. The Balaban J connectivity index is 2.41. The lowest BCUT2D eigenvalue weighted by atomic mass is 10.0. The van der Waals surface area contributed by atoms with Crippen molar-refractivity contribution in [2.75, 3.05) is 18.4 Å². The summed E-state index contributed by atoms with van der Waals surface area (Å²) in [5, 5.41) is 12.7. The minimum absolute atomic E-state index is 0.0729. The van der Waals surface area contributed by atoms with Crippen LogP contribution in [-0.4, -0.2) is 34.3 Å². The third-order valence-corrected chi connectivity index (χ3v) is 3.62. The van der Waals surface area contributed by atoms with Crippen LogP contribution in [0.25, 0.3) is 10.8 Å². The van der Waals surface area contributed by atoms with Crippen LogP contribution in [0.5, 0.6) is 5.75 Å². The summed E-state index contributed by atoms with van der Waals surface area (Å²) in [5.74, 6) is -0.0432. The van der Waals surface area contributed by atoms with E-state index < -0.39 is 0 Å². The summed E-state index contributed by atoms with van der Waals surface area (Å²) in [7, 11) is 0. The van der Waals surface area contributed by atoms with Crippen molar-refractivity contribution in [2.45, 2.75) is 13.3 Å². The zero-order chi connectivity index (χ0) is 14.5. The van der Waals surface area contributed by atoms with Gasteiger partial charge in [0.2, 0.25) is 0 Å². The molecule has 0 aliphatic carbocycles. The molecule has 3 nitrogen and oxygen atoms in total. The Morgan fingerprint density at radius 3 is 2.65 bits per heavy atom. The molecular formula is C16H18BrNO2. The summed E-state index contributed by atoms with van der Waals surface area (Å²) in [4.78, 5) is 14.3. The summed E-state index contributed by atoms with van der Waals surface area (Å²) in [5.41, 5.74) is 0.373. The number of phenolic OH excluding ortho intramolecular Hbond substituents is 1. The highest BCUT2D eigenvalue weighted by atomic mass is 79.9. The van der Waals surface area contributed by atoms with Gasteiger partial charge < -0.3 is 10.0 Å². The van der Waals surface area contributed by atoms with Crippen molar-refractivity contribution in [3.63, 3.8) is 0 Å². The zero-order valence-corrected chi connectivity index (χ0v) is 13.1. The molecule has 20 heavy (non-hydrogen) atoms. The van der Waals surface area contributed by atoms with Crippen LogP contribution in [-0.2, 0) is 0 Å².